The topological polar surface area (TPSA) is 54.9 Å². The number of anilines is 1. The molecule has 5 heteroatoms. The Morgan fingerprint density at radius 3 is 2.94 bits per heavy atom. The van der Waals surface area contributed by atoms with Crippen LogP contribution in [0.2, 0.25) is 5.15 Å². The molecule has 1 aliphatic rings. The van der Waals surface area contributed by atoms with Crippen molar-refractivity contribution in [3.8, 4) is 0 Å². The van der Waals surface area contributed by atoms with Gasteiger partial charge in [0.15, 0.2) is 6.29 Å². The molecule has 17 heavy (non-hydrogen) atoms. The van der Waals surface area contributed by atoms with Gasteiger partial charge < -0.3 is 5.32 Å². The second-order valence-electron chi connectivity index (χ2n) is 4.07. The van der Waals surface area contributed by atoms with Gasteiger partial charge in [0, 0.05) is 6.04 Å². The summed E-state index contributed by atoms with van der Waals surface area (Å²) in [6.07, 6.45) is 8.03. The lowest BCUT2D eigenvalue weighted by atomic mass is 10.0. The molecule has 0 aliphatic heterocycles. The van der Waals surface area contributed by atoms with Crippen LogP contribution in [-0.4, -0.2) is 22.3 Å². The molecule has 0 radical (unpaired) electrons. The van der Waals surface area contributed by atoms with Crippen LogP contribution < -0.4 is 5.32 Å². The third-order valence-electron chi connectivity index (χ3n) is 2.74. The zero-order valence-electron chi connectivity index (χ0n) is 9.61. The number of nitrogens with one attached hydrogen (secondary N) is 1. The van der Waals surface area contributed by atoms with E-state index in [0.29, 0.717) is 29.5 Å². The monoisotopic (exact) mass is 251 g/mol. The van der Waals surface area contributed by atoms with E-state index in [0.717, 1.165) is 19.3 Å². The van der Waals surface area contributed by atoms with Crippen LogP contribution in [0.5, 0.6) is 0 Å². The molecule has 1 aliphatic carbocycles. The Bertz CT molecular complexity index is 459. The number of allylic oxidation sites excluding steroid dienone is 1. The van der Waals surface area contributed by atoms with Gasteiger partial charge in [0.25, 0.3) is 0 Å². The predicted octanol–water partition coefficient (Wildman–Crippen LogP) is 2.77. The van der Waals surface area contributed by atoms with Gasteiger partial charge in [-0.3, -0.25) is 4.79 Å². The van der Waals surface area contributed by atoms with Crippen LogP contribution >= 0.6 is 11.6 Å². The third kappa shape index (κ3) is 2.82. The molecule has 0 amide bonds. The van der Waals surface area contributed by atoms with E-state index in [-0.39, 0.29) is 5.15 Å². The summed E-state index contributed by atoms with van der Waals surface area (Å²) in [4.78, 5) is 19.2. The molecule has 0 spiro atoms. The standard InChI is InChI=1S/C12H14ClN3O/c1-8-14-11(13)10(7-17)12(15-8)16-9-5-3-2-4-6-9/h2-3,7,9H,4-6H2,1H3,(H,14,15,16). The second kappa shape index (κ2) is 5.27. The largest absolute Gasteiger partial charge is 0.366 e. The summed E-state index contributed by atoms with van der Waals surface area (Å²) in [6, 6.07) is 0.309. The molecule has 0 bridgehead atoms. The lowest BCUT2D eigenvalue weighted by Crippen LogP contribution is -2.22. The van der Waals surface area contributed by atoms with Gasteiger partial charge in [-0.1, -0.05) is 23.8 Å². The van der Waals surface area contributed by atoms with Crippen molar-refractivity contribution in [2.45, 2.75) is 32.2 Å². The number of hydrogen-bond donors (Lipinski definition) is 1. The van der Waals surface area contributed by atoms with E-state index < -0.39 is 0 Å². The van der Waals surface area contributed by atoms with Crippen molar-refractivity contribution in [1.82, 2.24) is 9.97 Å². The summed E-state index contributed by atoms with van der Waals surface area (Å²) in [7, 11) is 0. The fourth-order valence-electron chi connectivity index (χ4n) is 1.88. The molecule has 0 fully saturated rings. The Morgan fingerprint density at radius 2 is 2.29 bits per heavy atom. The minimum absolute atomic E-state index is 0.210. The summed E-state index contributed by atoms with van der Waals surface area (Å²) in [5.74, 6) is 1.10. The van der Waals surface area contributed by atoms with E-state index in [2.05, 4.69) is 27.4 Å². The number of aldehydes is 1. The summed E-state index contributed by atoms with van der Waals surface area (Å²) >= 11 is 5.92. The van der Waals surface area contributed by atoms with E-state index in [1.807, 2.05) is 0 Å². The van der Waals surface area contributed by atoms with E-state index in [1.54, 1.807) is 6.92 Å². The van der Waals surface area contributed by atoms with E-state index in [9.17, 15) is 4.79 Å². The first-order chi connectivity index (χ1) is 8.20. The first-order valence-electron chi connectivity index (χ1n) is 5.61. The van der Waals surface area contributed by atoms with Crippen LogP contribution in [0, 0.1) is 6.92 Å². The maximum absolute atomic E-state index is 11.0. The van der Waals surface area contributed by atoms with Gasteiger partial charge in [0.2, 0.25) is 0 Å². The molecule has 1 unspecified atom stereocenters. The van der Waals surface area contributed by atoms with Gasteiger partial charge in [0.05, 0.1) is 5.56 Å². The first kappa shape index (κ1) is 12.0. The predicted molar refractivity (Wildman–Crippen MR) is 67.6 cm³/mol. The van der Waals surface area contributed by atoms with E-state index in [4.69, 9.17) is 11.6 Å². The van der Waals surface area contributed by atoms with Crippen LogP contribution in [0.25, 0.3) is 0 Å². The zero-order valence-corrected chi connectivity index (χ0v) is 10.4. The highest BCUT2D eigenvalue weighted by molar-refractivity contribution is 6.32. The average Bonchev–Trinajstić information content (AvgIpc) is 2.30. The quantitative estimate of drug-likeness (QED) is 0.510. The molecular weight excluding hydrogens is 238 g/mol. The van der Waals surface area contributed by atoms with Crippen LogP contribution in [0.15, 0.2) is 12.2 Å². The zero-order chi connectivity index (χ0) is 12.3. The lowest BCUT2D eigenvalue weighted by molar-refractivity contribution is 0.112. The van der Waals surface area contributed by atoms with Gasteiger partial charge in [-0.2, -0.15) is 0 Å². The number of halogens is 1. The van der Waals surface area contributed by atoms with Gasteiger partial charge >= 0.3 is 0 Å². The number of aryl methyl sites for hydroxylation is 1. The minimum atomic E-state index is 0.210. The van der Waals surface area contributed by atoms with Gasteiger partial charge in [0.1, 0.15) is 16.8 Å². The Balaban J connectivity index is 2.24. The summed E-state index contributed by atoms with van der Waals surface area (Å²) < 4.78 is 0. The number of aromatic nitrogens is 2. The number of nitrogens with zero attached hydrogens (tertiary/aromatic N) is 2. The van der Waals surface area contributed by atoms with Crippen LogP contribution in [0.4, 0.5) is 5.82 Å². The molecule has 90 valence electrons. The molecule has 1 N–H and O–H groups in total. The maximum Gasteiger partial charge on any atom is 0.156 e. The van der Waals surface area contributed by atoms with Crippen molar-refractivity contribution in [3.63, 3.8) is 0 Å². The van der Waals surface area contributed by atoms with Crippen LogP contribution in [0.1, 0.15) is 35.4 Å². The molecule has 4 nitrogen and oxygen atoms in total. The van der Waals surface area contributed by atoms with E-state index in [1.165, 1.54) is 0 Å². The van der Waals surface area contributed by atoms with Crippen molar-refractivity contribution < 1.29 is 4.79 Å². The molecule has 0 saturated heterocycles. The highest BCUT2D eigenvalue weighted by atomic mass is 35.5. The fraction of sp³-hybridized carbons (Fsp3) is 0.417. The van der Waals surface area contributed by atoms with Crippen molar-refractivity contribution in [2.24, 2.45) is 0 Å². The van der Waals surface area contributed by atoms with Crippen LogP contribution in [-0.2, 0) is 0 Å². The SMILES string of the molecule is Cc1nc(Cl)c(C=O)c(NC2CC=CCC2)n1. The van der Waals surface area contributed by atoms with Gasteiger partial charge in [-0.05, 0) is 26.2 Å². The molecule has 1 aromatic heterocycles. The first-order valence-corrected chi connectivity index (χ1v) is 5.99. The average molecular weight is 252 g/mol. The van der Waals surface area contributed by atoms with Crippen molar-refractivity contribution in [3.05, 3.63) is 28.7 Å². The Hall–Kier alpha value is -1.42. The Kier molecular flexibility index (Phi) is 3.74. The Morgan fingerprint density at radius 1 is 1.47 bits per heavy atom. The van der Waals surface area contributed by atoms with Gasteiger partial charge in [-0.15, -0.1) is 0 Å². The highest BCUT2D eigenvalue weighted by Gasteiger charge is 2.15. The minimum Gasteiger partial charge on any atom is -0.366 e. The number of carbonyl (C=O) groups excluding carboxylic acids is 1. The number of carbonyl (C=O) groups is 1. The summed E-state index contributed by atoms with van der Waals surface area (Å²) in [6.45, 7) is 1.76. The van der Waals surface area contributed by atoms with Crippen molar-refractivity contribution in [2.75, 3.05) is 5.32 Å². The summed E-state index contributed by atoms with van der Waals surface area (Å²) in [5, 5.41) is 3.47. The molecule has 1 heterocycles. The number of hydrogen-bond acceptors (Lipinski definition) is 4. The fourth-order valence-corrected chi connectivity index (χ4v) is 2.14. The van der Waals surface area contributed by atoms with E-state index >= 15 is 0 Å². The maximum atomic E-state index is 11.0. The molecule has 1 atom stereocenters. The lowest BCUT2D eigenvalue weighted by Gasteiger charge is -2.21. The molecule has 2 rings (SSSR count). The smallest absolute Gasteiger partial charge is 0.156 e. The third-order valence-corrected chi connectivity index (χ3v) is 3.03. The number of rotatable bonds is 3. The second-order valence-corrected chi connectivity index (χ2v) is 4.43. The summed E-state index contributed by atoms with van der Waals surface area (Å²) in [5.41, 5.74) is 0.340. The normalized spacial score (nSPS) is 19.1. The molecular formula is C12H14ClN3O. The Labute approximate surface area is 105 Å². The molecule has 0 aromatic carbocycles. The van der Waals surface area contributed by atoms with Crippen molar-refractivity contribution in [1.29, 1.82) is 0 Å². The highest BCUT2D eigenvalue weighted by Crippen LogP contribution is 2.22. The molecule has 1 aromatic rings. The van der Waals surface area contributed by atoms with Crippen molar-refractivity contribution >= 4 is 23.7 Å². The van der Waals surface area contributed by atoms with Crippen LogP contribution in [0.3, 0.4) is 0 Å². The van der Waals surface area contributed by atoms with Gasteiger partial charge in [-0.25, -0.2) is 9.97 Å². The molecule has 0 saturated carbocycles.